The topological polar surface area (TPSA) is 54.8 Å². The van der Waals surface area contributed by atoms with Gasteiger partial charge in [0.15, 0.2) is 0 Å². The van der Waals surface area contributed by atoms with Crippen molar-refractivity contribution in [3.8, 4) is 5.75 Å². The van der Waals surface area contributed by atoms with Crippen molar-refractivity contribution in [2.75, 3.05) is 12.4 Å². The molecule has 4 rings (SSSR count). The Bertz CT molecular complexity index is 822. The maximum atomic E-state index is 12.5. The highest BCUT2D eigenvalue weighted by molar-refractivity contribution is 5.89. The number of carbonyl (C=O) groups excluding carboxylic acids is 1. The van der Waals surface area contributed by atoms with Crippen LogP contribution >= 0.6 is 0 Å². The molecule has 5 heteroatoms. The van der Waals surface area contributed by atoms with Crippen molar-refractivity contribution in [3.63, 3.8) is 0 Å². The number of rotatable bonds is 5. The first-order valence-corrected chi connectivity index (χ1v) is 10.7. The lowest BCUT2D eigenvalue weighted by Gasteiger charge is -2.46. The van der Waals surface area contributed by atoms with Gasteiger partial charge in [-0.25, -0.2) is 4.79 Å². The summed E-state index contributed by atoms with van der Waals surface area (Å²) in [5.41, 5.74) is 3.49. The normalized spacial score (nSPS) is 25.9. The maximum Gasteiger partial charge on any atom is 0.319 e. The summed E-state index contributed by atoms with van der Waals surface area (Å²) in [6.45, 7) is 3.23. The van der Waals surface area contributed by atoms with Crippen LogP contribution in [0.2, 0.25) is 0 Å². The van der Waals surface area contributed by atoms with Gasteiger partial charge in [0.25, 0.3) is 0 Å². The Morgan fingerprint density at radius 2 is 1.83 bits per heavy atom. The van der Waals surface area contributed by atoms with Crippen LogP contribution in [0.15, 0.2) is 48.5 Å². The van der Waals surface area contributed by atoms with E-state index in [1.54, 1.807) is 12.0 Å². The van der Waals surface area contributed by atoms with Crippen LogP contribution in [0.1, 0.15) is 43.2 Å². The van der Waals surface area contributed by atoms with E-state index in [2.05, 4.69) is 41.8 Å². The largest absolute Gasteiger partial charge is 0.497 e. The molecule has 5 nitrogen and oxygen atoms in total. The van der Waals surface area contributed by atoms with Crippen LogP contribution in [0.25, 0.3) is 0 Å². The van der Waals surface area contributed by atoms with E-state index in [0.717, 1.165) is 30.8 Å². The number of ether oxygens (including phenoxy) is 1. The molecule has 0 saturated carbocycles. The van der Waals surface area contributed by atoms with Crippen LogP contribution in [0, 0.1) is 6.92 Å². The second-order valence-corrected chi connectivity index (χ2v) is 8.56. The summed E-state index contributed by atoms with van der Waals surface area (Å²) in [7, 11) is 1.63. The Kier molecular flexibility index (Phi) is 6.05. The molecule has 2 bridgehead atoms. The molecule has 2 saturated heterocycles. The molecule has 0 spiro atoms. The number of carbonyl (C=O) groups is 1. The van der Waals surface area contributed by atoms with E-state index in [1.165, 1.54) is 30.4 Å². The van der Waals surface area contributed by atoms with E-state index in [4.69, 9.17) is 4.74 Å². The predicted molar refractivity (Wildman–Crippen MR) is 115 cm³/mol. The van der Waals surface area contributed by atoms with Gasteiger partial charge in [-0.1, -0.05) is 35.9 Å². The number of aryl methyl sites for hydroxylation is 1. The second kappa shape index (κ2) is 8.87. The van der Waals surface area contributed by atoms with Crippen LogP contribution in [0.5, 0.6) is 5.75 Å². The quantitative estimate of drug-likeness (QED) is 0.729. The number of anilines is 1. The highest BCUT2D eigenvalue weighted by Gasteiger charge is 2.42. The summed E-state index contributed by atoms with van der Waals surface area (Å²) in [6.07, 6.45) is 5.95. The Morgan fingerprint density at radius 3 is 2.52 bits per heavy atom. The van der Waals surface area contributed by atoms with Crippen molar-refractivity contribution in [2.45, 2.75) is 63.7 Å². The van der Waals surface area contributed by atoms with Gasteiger partial charge < -0.3 is 20.3 Å². The van der Waals surface area contributed by atoms with Crippen molar-refractivity contribution >= 4 is 11.7 Å². The number of nitrogens with one attached hydrogen (secondary N) is 3. The zero-order chi connectivity index (χ0) is 20.2. The molecule has 2 amide bonds. The number of benzene rings is 2. The van der Waals surface area contributed by atoms with Crippen molar-refractivity contribution in [2.24, 2.45) is 0 Å². The minimum Gasteiger partial charge on any atom is -0.497 e. The molecule has 2 aromatic rings. The lowest BCUT2D eigenvalue weighted by molar-refractivity contribution is -0.973. The molecule has 2 heterocycles. The van der Waals surface area contributed by atoms with Crippen molar-refractivity contribution in [3.05, 3.63) is 59.7 Å². The SMILES string of the molecule is COc1cccc(NC(=O)NC2C[C@H]3CCC[C@@H](C2)[NH+]3Cc2ccc(C)cc2)c1. The third-order valence-corrected chi connectivity index (χ3v) is 6.48. The molecule has 4 atom stereocenters. The van der Waals surface area contributed by atoms with Gasteiger partial charge >= 0.3 is 6.03 Å². The third kappa shape index (κ3) is 4.91. The van der Waals surface area contributed by atoms with Gasteiger partial charge in [0.1, 0.15) is 12.3 Å². The fourth-order valence-corrected chi connectivity index (χ4v) is 5.04. The number of hydrogen-bond acceptors (Lipinski definition) is 2. The lowest BCUT2D eigenvalue weighted by atomic mass is 9.81. The van der Waals surface area contributed by atoms with Crippen molar-refractivity contribution < 1.29 is 14.4 Å². The number of hydrogen-bond donors (Lipinski definition) is 3. The number of urea groups is 1. The monoisotopic (exact) mass is 394 g/mol. The molecular weight excluding hydrogens is 362 g/mol. The zero-order valence-electron chi connectivity index (χ0n) is 17.4. The van der Waals surface area contributed by atoms with Crippen LogP contribution in [-0.4, -0.2) is 31.3 Å². The highest BCUT2D eigenvalue weighted by atomic mass is 16.5. The van der Waals surface area contributed by atoms with Crippen LogP contribution in [0.3, 0.4) is 0 Å². The Balaban J connectivity index is 1.35. The van der Waals surface area contributed by atoms with Gasteiger partial charge in [-0.15, -0.1) is 0 Å². The summed E-state index contributed by atoms with van der Waals surface area (Å²) >= 11 is 0. The lowest BCUT2D eigenvalue weighted by Crippen LogP contribution is -3.20. The number of fused-ring (bicyclic) bond motifs is 2. The molecule has 0 aromatic heterocycles. The Hall–Kier alpha value is -2.53. The minimum absolute atomic E-state index is 0.122. The van der Waals surface area contributed by atoms with Gasteiger partial charge in [0, 0.05) is 36.2 Å². The molecule has 2 aliphatic heterocycles. The molecule has 3 N–H and O–H groups in total. The molecule has 0 radical (unpaired) electrons. The van der Waals surface area contributed by atoms with Gasteiger partial charge in [-0.3, -0.25) is 0 Å². The number of quaternary nitrogens is 1. The maximum absolute atomic E-state index is 12.5. The highest BCUT2D eigenvalue weighted by Crippen LogP contribution is 2.23. The fourth-order valence-electron chi connectivity index (χ4n) is 5.04. The number of piperidine rings is 2. The summed E-state index contributed by atoms with van der Waals surface area (Å²) in [5.74, 6) is 0.741. The van der Waals surface area contributed by atoms with Crippen LogP contribution in [-0.2, 0) is 6.54 Å². The van der Waals surface area contributed by atoms with Crippen LogP contribution < -0.4 is 20.3 Å². The minimum atomic E-state index is -0.122. The summed E-state index contributed by atoms with van der Waals surface area (Å²) in [6, 6.07) is 17.8. The van der Waals surface area contributed by atoms with Gasteiger partial charge in [0.05, 0.1) is 19.2 Å². The van der Waals surface area contributed by atoms with E-state index < -0.39 is 0 Å². The molecule has 2 aliphatic rings. The van der Waals surface area contributed by atoms with Gasteiger partial charge in [0.2, 0.25) is 0 Å². The fraction of sp³-hybridized carbons (Fsp3) is 0.458. The third-order valence-electron chi connectivity index (χ3n) is 6.48. The second-order valence-electron chi connectivity index (χ2n) is 8.56. The predicted octanol–water partition coefficient (Wildman–Crippen LogP) is 3.29. The number of amides is 2. The first-order valence-electron chi connectivity index (χ1n) is 10.7. The van der Waals surface area contributed by atoms with Gasteiger partial charge in [-0.05, 0) is 38.3 Å². The van der Waals surface area contributed by atoms with Crippen LogP contribution in [0.4, 0.5) is 10.5 Å². The molecule has 154 valence electrons. The number of methoxy groups -OCH3 is 1. The van der Waals surface area contributed by atoms with Gasteiger partial charge in [-0.2, -0.15) is 0 Å². The summed E-state index contributed by atoms with van der Waals surface area (Å²) < 4.78 is 5.23. The summed E-state index contributed by atoms with van der Waals surface area (Å²) in [4.78, 5) is 14.2. The van der Waals surface area contributed by atoms with Crippen molar-refractivity contribution in [1.82, 2.24) is 5.32 Å². The zero-order valence-corrected chi connectivity index (χ0v) is 17.4. The molecule has 2 fully saturated rings. The Labute approximate surface area is 173 Å². The first kappa shape index (κ1) is 19.8. The van der Waals surface area contributed by atoms with E-state index in [0.29, 0.717) is 12.1 Å². The molecule has 29 heavy (non-hydrogen) atoms. The smallest absolute Gasteiger partial charge is 0.319 e. The van der Waals surface area contributed by atoms with E-state index in [1.807, 2.05) is 24.3 Å². The molecule has 2 unspecified atom stereocenters. The van der Waals surface area contributed by atoms with E-state index in [9.17, 15) is 4.79 Å². The first-order chi connectivity index (χ1) is 14.1. The average Bonchev–Trinajstić information content (AvgIpc) is 2.70. The van der Waals surface area contributed by atoms with Crippen molar-refractivity contribution in [1.29, 1.82) is 0 Å². The summed E-state index contributed by atoms with van der Waals surface area (Å²) in [5, 5.41) is 6.17. The average molecular weight is 395 g/mol. The van der Waals surface area contributed by atoms with E-state index >= 15 is 0 Å². The molecule has 0 aliphatic carbocycles. The molecular formula is C24H32N3O2+. The Morgan fingerprint density at radius 1 is 1.10 bits per heavy atom. The standard InChI is InChI=1S/C24H31N3O2/c1-17-9-11-18(12-10-17)16-27-21-6-4-7-22(27)14-20(13-21)26-24(28)25-19-5-3-8-23(15-19)29-2/h3,5,8-12,15,20-22H,4,6-7,13-14,16H2,1-2H3,(H2,25,26,28)/p+1/t20?,21-,22+. The molecule has 2 aromatic carbocycles. The van der Waals surface area contributed by atoms with E-state index in [-0.39, 0.29) is 12.1 Å².